The number of nitrogens with zero attached hydrogens (tertiary/aromatic N) is 3. The van der Waals surface area contributed by atoms with Crippen LogP contribution in [0.15, 0.2) is 71.5 Å². The standard InChI is InChI=1S/C15H12ClNO.C14H9ClN2O2/c1-2-3-4-14(18)8-11-5-6-15-12(7-11)9-13(16)10-17-15;15-11-5-10-3-9(1-2-13(10)16-6-11)4-14-17-7-12(8-18)19-14/h1,5-7,9-10H,3-4,8H2;1-3,5-8H,4H2. The van der Waals surface area contributed by atoms with Gasteiger partial charge >= 0.3 is 0 Å². The van der Waals surface area contributed by atoms with Crippen molar-refractivity contribution in [1.82, 2.24) is 15.0 Å². The number of halogens is 2. The number of benzene rings is 2. The average molecular weight is 530 g/mol. The second kappa shape index (κ2) is 12.3. The lowest BCUT2D eigenvalue weighted by atomic mass is 10.0. The molecule has 8 heteroatoms. The fraction of sp³-hybridized carbons (Fsp3) is 0.138. The Morgan fingerprint density at radius 2 is 1.51 bits per heavy atom. The summed E-state index contributed by atoms with van der Waals surface area (Å²) in [7, 11) is 0. The Hall–Kier alpha value is -4.05. The Kier molecular flexibility index (Phi) is 8.63. The number of aldehydes is 1. The Labute approximate surface area is 223 Å². The quantitative estimate of drug-likeness (QED) is 0.172. The van der Waals surface area contributed by atoms with Gasteiger partial charge in [-0.05, 0) is 47.5 Å². The number of carbonyl (C=O) groups is 2. The summed E-state index contributed by atoms with van der Waals surface area (Å²) >= 11 is 11.8. The molecule has 0 saturated carbocycles. The Bertz CT molecular complexity index is 1620. The van der Waals surface area contributed by atoms with E-state index in [4.69, 9.17) is 34.0 Å². The smallest absolute Gasteiger partial charge is 0.199 e. The number of carbonyl (C=O) groups excluding carboxylic acids is 2. The molecule has 0 aliphatic carbocycles. The molecular formula is C29H21Cl2N3O3. The Morgan fingerprint density at radius 3 is 2.11 bits per heavy atom. The lowest BCUT2D eigenvalue weighted by Gasteiger charge is -2.03. The molecule has 0 N–H and O–H groups in total. The van der Waals surface area contributed by atoms with E-state index in [1.54, 1.807) is 12.4 Å². The fourth-order valence-electron chi connectivity index (χ4n) is 3.69. The minimum absolute atomic E-state index is 0.155. The van der Waals surface area contributed by atoms with Gasteiger partial charge in [-0.1, -0.05) is 35.3 Å². The van der Waals surface area contributed by atoms with E-state index in [2.05, 4.69) is 20.9 Å². The largest absolute Gasteiger partial charge is 0.438 e. The third kappa shape index (κ3) is 7.23. The van der Waals surface area contributed by atoms with Gasteiger partial charge in [-0.25, -0.2) is 4.98 Å². The molecule has 0 bridgehead atoms. The van der Waals surface area contributed by atoms with Crippen molar-refractivity contribution in [3.8, 4) is 12.3 Å². The summed E-state index contributed by atoms with van der Waals surface area (Å²) in [5, 5.41) is 3.11. The number of fused-ring (bicyclic) bond motifs is 2. The highest BCUT2D eigenvalue weighted by molar-refractivity contribution is 6.31. The first-order valence-corrected chi connectivity index (χ1v) is 12.1. The molecule has 0 fully saturated rings. The molecule has 0 aliphatic rings. The van der Waals surface area contributed by atoms with Crippen LogP contribution >= 0.6 is 23.2 Å². The van der Waals surface area contributed by atoms with Gasteiger partial charge in [0, 0.05) is 48.8 Å². The van der Waals surface area contributed by atoms with Gasteiger partial charge in [0.15, 0.2) is 17.9 Å². The second-order valence-corrected chi connectivity index (χ2v) is 9.10. The number of ketones is 1. The average Bonchev–Trinajstić information content (AvgIpc) is 3.35. The van der Waals surface area contributed by atoms with E-state index < -0.39 is 0 Å². The van der Waals surface area contributed by atoms with Gasteiger partial charge < -0.3 is 4.42 Å². The fourth-order valence-corrected chi connectivity index (χ4v) is 4.02. The third-order valence-corrected chi connectivity index (χ3v) is 5.83. The molecule has 6 nitrogen and oxygen atoms in total. The van der Waals surface area contributed by atoms with Crippen molar-refractivity contribution in [2.24, 2.45) is 0 Å². The topological polar surface area (TPSA) is 86.0 Å². The molecule has 0 aliphatic heterocycles. The summed E-state index contributed by atoms with van der Waals surface area (Å²) in [5.74, 6) is 3.38. The second-order valence-electron chi connectivity index (χ2n) is 8.23. The Morgan fingerprint density at radius 1 is 0.892 bits per heavy atom. The molecule has 0 atom stereocenters. The van der Waals surface area contributed by atoms with E-state index >= 15 is 0 Å². The van der Waals surface area contributed by atoms with E-state index in [1.165, 1.54) is 6.20 Å². The van der Waals surface area contributed by atoms with Crippen molar-refractivity contribution in [3.05, 3.63) is 99.9 Å². The van der Waals surface area contributed by atoms with Crippen molar-refractivity contribution in [3.63, 3.8) is 0 Å². The predicted molar refractivity (Wildman–Crippen MR) is 145 cm³/mol. The third-order valence-electron chi connectivity index (χ3n) is 5.42. The summed E-state index contributed by atoms with van der Waals surface area (Å²) in [6.07, 6.45) is 12.3. The van der Waals surface area contributed by atoms with Crippen LogP contribution in [-0.4, -0.2) is 27.0 Å². The highest BCUT2D eigenvalue weighted by Gasteiger charge is 2.06. The monoisotopic (exact) mass is 529 g/mol. The number of Topliss-reactive ketones (excluding diaryl/α,β-unsaturated/α-hetero) is 1. The summed E-state index contributed by atoms with van der Waals surface area (Å²) in [5.41, 5.74) is 3.75. The predicted octanol–water partition coefficient (Wildman–Crippen LogP) is 6.69. The van der Waals surface area contributed by atoms with Crippen LogP contribution in [0, 0.1) is 12.3 Å². The molecule has 0 unspecified atom stereocenters. The van der Waals surface area contributed by atoms with Crippen molar-refractivity contribution in [1.29, 1.82) is 0 Å². The molecule has 0 spiro atoms. The molecule has 2 aromatic carbocycles. The van der Waals surface area contributed by atoms with Crippen LogP contribution in [-0.2, 0) is 17.6 Å². The van der Waals surface area contributed by atoms with E-state index in [0.29, 0.717) is 47.9 Å². The van der Waals surface area contributed by atoms with Crippen molar-refractivity contribution in [2.45, 2.75) is 25.7 Å². The zero-order chi connectivity index (χ0) is 26.2. The van der Waals surface area contributed by atoms with Crippen LogP contribution in [0.5, 0.6) is 0 Å². The molecule has 37 heavy (non-hydrogen) atoms. The Balaban J connectivity index is 0.000000173. The highest BCUT2D eigenvalue weighted by atomic mass is 35.5. The normalized spacial score (nSPS) is 10.5. The number of hydrogen-bond donors (Lipinski definition) is 0. The summed E-state index contributed by atoms with van der Waals surface area (Å²) < 4.78 is 5.25. The minimum atomic E-state index is 0.155. The molecule has 3 aromatic heterocycles. The van der Waals surface area contributed by atoms with Crippen LogP contribution in [0.25, 0.3) is 21.8 Å². The van der Waals surface area contributed by atoms with Crippen LogP contribution in [0.4, 0.5) is 0 Å². The summed E-state index contributed by atoms with van der Waals surface area (Å²) in [4.78, 5) is 34.6. The SMILES string of the molecule is C#CCCC(=O)Cc1ccc2ncc(Cl)cc2c1.O=Cc1cnc(Cc2ccc3ncc(Cl)cc3c2)o1. The van der Waals surface area contributed by atoms with Gasteiger partial charge in [0.05, 0.1) is 27.3 Å². The van der Waals surface area contributed by atoms with Gasteiger partial charge in [-0.3, -0.25) is 19.6 Å². The van der Waals surface area contributed by atoms with E-state index in [1.807, 2.05) is 48.5 Å². The highest BCUT2D eigenvalue weighted by Crippen LogP contribution is 2.20. The molecule has 5 aromatic rings. The minimum Gasteiger partial charge on any atom is -0.438 e. The van der Waals surface area contributed by atoms with Crippen LogP contribution in [0.1, 0.15) is 40.4 Å². The van der Waals surface area contributed by atoms with E-state index in [-0.39, 0.29) is 11.5 Å². The van der Waals surface area contributed by atoms with Gasteiger partial charge in [0.2, 0.25) is 0 Å². The number of terminal acetylenes is 1. The van der Waals surface area contributed by atoms with Crippen molar-refractivity contribution >= 4 is 57.1 Å². The van der Waals surface area contributed by atoms with Crippen LogP contribution in [0.3, 0.4) is 0 Å². The van der Waals surface area contributed by atoms with Crippen molar-refractivity contribution < 1.29 is 14.0 Å². The summed E-state index contributed by atoms with van der Waals surface area (Å²) in [6.45, 7) is 0. The molecular weight excluding hydrogens is 509 g/mol. The maximum absolute atomic E-state index is 11.6. The van der Waals surface area contributed by atoms with Gasteiger partial charge in [-0.15, -0.1) is 12.3 Å². The molecule has 0 radical (unpaired) electrons. The zero-order valence-corrected chi connectivity index (χ0v) is 21.2. The van der Waals surface area contributed by atoms with Crippen LogP contribution < -0.4 is 0 Å². The first-order chi connectivity index (χ1) is 17.9. The van der Waals surface area contributed by atoms with Crippen LogP contribution in [0.2, 0.25) is 10.0 Å². The molecule has 3 heterocycles. The van der Waals surface area contributed by atoms with Crippen molar-refractivity contribution in [2.75, 3.05) is 0 Å². The molecule has 184 valence electrons. The zero-order valence-electron chi connectivity index (χ0n) is 19.7. The number of hydrogen-bond acceptors (Lipinski definition) is 6. The van der Waals surface area contributed by atoms with Gasteiger partial charge in [0.25, 0.3) is 0 Å². The molecule has 5 rings (SSSR count). The van der Waals surface area contributed by atoms with E-state index in [9.17, 15) is 9.59 Å². The lowest BCUT2D eigenvalue weighted by molar-refractivity contribution is -0.118. The first-order valence-electron chi connectivity index (χ1n) is 11.4. The molecule has 0 saturated heterocycles. The van der Waals surface area contributed by atoms with Gasteiger partial charge in [-0.2, -0.15) is 0 Å². The number of rotatable bonds is 7. The lowest BCUT2D eigenvalue weighted by Crippen LogP contribution is -2.01. The first kappa shape index (κ1) is 26.0. The number of oxazole rings is 1. The number of pyridine rings is 2. The summed E-state index contributed by atoms with van der Waals surface area (Å²) in [6, 6.07) is 15.3. The van der Waals surface area contributed by atoms with Gasteiger partial charge in [0.1, 0.15) is 5.78 Å². The number of aromatic nitrogens is 3. The van der Waals surface area contributed by atoms with E-state index in [0.717, 1.165) is 32.9 Å². The molecule has 0 amide bonds. The maximum atomic E-state index is 11.6. The maximum Gasteiger partial charge on any atom is 0.199 e.